The number of carbonyl (C=O) groups excluding carboxylic acids is 1. The summed E-state index contributed by atoms with van der Waals surface area (Å²) in [4.78, 5) is 14.4. The summed E-state index contributed by atoms with van der Waals surface area (Å²) < 4.78 is 0. The Balaban J connectivity index is 2.80. The van der Waals surface area contributed by atoms with E-state index < -0.39 is 12.2 Å². The summed E-state index contributed by atoms with van der Waals surface area (Å²) in [6, 6.07) is 3.01. The summed E-state index contributed by atoms with van der Waals surface area (Å²) in [5.41, 5.74) is 0.748. The molecule has 2 unspecified atom stereocenters. The van der Waals surface area contributed by atoms with E-state index in [4.69, 9.17) is 0 Å². The monoisotopic (exact) mass is 273 g/mol. The average molecular weight is 274 g/mol. The van der Waals surface area contributed by atoms with Crippen LogP contribution in [0.2, 0.25) is 0 Å². The molecule has 0 fully saturated rings. The highest BCUT2D eigenvalue weighted by Crippen LogP contribution is 2.17. The van der Waals surface area contributed by atoms with Crippen molar-refractivity contribution in [3.8, 4) is 0 Å². The number of hydrogen-bond donors (Lipinski definition) is 2. The predicted octanol–water partition coefficient (Wildman–Crippen LogP) is 1.07. The second-order valence-electron chi connectivity index (χ2n) is 3.12. The highest BCUT2D eigenvalue weighted by molar-refractivity contribution is 9.09. The first-order valence-electron chi connectivity index (χ1n) is 4.52. The van der Waals surface area contributed by atoms with Crippen LogP contribution in [0, 0.1) is 0 Å². The van der Waals surface area contributed by atoms with Crippen molar-refractivity contribution in [2.75, 3.05) is 5.33 Å². The van der Waals surface area contributed by atoms with Crippen LogP contribution < -0.4 is 0 Å². The van der Waals surface area contributed by atoms with Gasteiger partial charge in [-0.3, -0.25) is 9.78 Å². The molecule has 0 aliphatic carbocycles. The summed E-state index contributed by atoms with van der Waals surface area (Å²) in [6.07, 6.45) is 0.604. The third kappa shape index (κ3) is 3.37. The van der Waals surface area contributed by atoms with Gasteiger partial charge < -0.3 is 10.2 Å². The molecule has 0 amide bonds. The Labute approximate surface area is 96.1 Å². The van der Waals surface area contributed by atoms with Crippen molar-refractivity contribution >= 4 is 22.2 Å². The summed E-state index contributed by atoms with van der Waals surface area (Å²) in [6.45, 7) is 0. The SMILES string of the molecule is O=Cc1ccnc(C(O)C(O)CCBr)c1. The number of aliphatic hydroxyl groups excluding tert-OH is 2. The minimum Gasteiger partial charge on any atom is -0.390 e. The Hall–Kier alpha value is -0.780. The van der Waals surface area contributed by atoms with E-state index >= 15 is 0 Å². The van der Waals surface area contributed by atoms with Crippen LogP contribution in [0.15, 0.2) is 18.3 Å². The van der Waals surface area contributed by atoms with Gasteiger partial charge in [-0.1, -0.05) is 15.9 Å². The van der Waals surface area contributed by atoms with E-state index in [2.05, 4.69) is 20.9 Å². The van der Waals surface area contributed by atoms with E-state index in [9.17, 15) is 15.0 Å². The molecule has 1 aromatic rings. The molecule has 4 nitrogen and oxygen atoms in total. The highest BCUT2D eigenvalue weighted by atomic mass is 79.9. The average Bonchev–Trinajstić information content (AvgIpc) is 2.28. The molecule has 1 rings (SSSR count). The third-order valence-corrected chi connectivity index (χ3v) is 2.47. The molecule has 82 valence electrons. The van der Waals surface area contributed by atoms with Gasteiger partial charge >= 0.3 is 0 Å². The maximum Gasteiger partial charge on any atom is 0.150 e. The van der Waals surface area contributed by atoms with Gasteiger partial charge in [0.1, 0.15) is 12.4 Å². The van der Waals surface area contributed by atoms with Crippen molar-refractivity contribution in [2.24, 2.45) is 0 Å². The first-order valence-corrected chi connectivity index (χ1v) is 5.64. The molecule has 5 heteroatoms. The van der Waals surface area contributed by atoms with Crippen LogP contribution in [0.1, 0.15) is 28.6 Å². The molecule has 0 bridgehead atoms. The maximum atomic E-state index is 10.5. The van der Waals surface area contributed by atoms with E-state index in [1.54, 1.807) is 6.07 Å². The summed E-state index contributed by atoms with van der Waals surface area (Å²) >= 11 is 3.17. The fourth-order valence-corrected chi connectivity index (χ4v) is 1.64. The molecule has 0 saturated heterocycles. The molecule has 0 aliphatic rings. The van der Waals surface area contributed by atoms with Gasteiger partial charge in [-0.15, -0.1) is 0 Å². The normalized spacial score (nSPS) is 14.6. The smallest absolute Gasteiger partial charge is 0.150 e. The Morgan fingerprint density at radius 1 is 1.53 bits per heavy atom. The maximum absolute atomic E-state index is 10.5. The van der Waals surface area contributed by atoms with Crippen LogP contribution in [0.5, 0.6) is 0 Å². The molecule has 1 heterocycles. The lowest BCUT2D eigenvalue weighted by molar-refractivity contribution is 0.0148. The predicted molar refractivity (Wildman–Crippen MR) is 59.0 cm³/mol. The van der Waals surface area contributed by atoms with Crippen molar-refractivity contribution in [3.63, 3.8) is 0 Å². The van der Waals surface area contributed by atoms with Gasteiger partial charge in [0.25, 0.3) is 0 Å². The van der Waals surface area contributed by atoms with Gasteiger partial charge in [-0.05, 0) is 18.6 Å². The standard InChI is InChI=1S/C10H12BrNO3/c11-3-1-9(14)10(15)8-5-7(6-13)2-4-12-8/h2,4-6,9-10,14-15H,1,3H2. The second-order valence-corrected chi connectivity index (χ2v) is 3.91. The zero-order valence-electron chi connectivity index (χ0n) is 8.01. The Morgan fingerprint density at radius 2 is 2.27 bits per heavy atom. The molecule has 0 saturated carbocycles. The van der Waals surface area contributed by atoms with E-state index in [1.807, 2.05) is 0 Å². The van der Waals surface area contributed by atoms with Gasteiger partial charge in [-0.2, -0.15) is 0 Å². The van der Waals surface area contributed by atoms with E-state index in [-0.39, 0.29) is 0 Å². The molecule has 1 aromatic heterocycles. The first-order chi connectivity index (χ1) is 7.19. The molecule has 0 radical (unpaired) electrons. The summed E-state index contributed by atoms with van der Waals surface area (Å²) in [5.74, 6) is 0. The van der Waals surface area contributed by atoms with Crippen LogP contribution in [-0.2, 0) is 0 Å². The molecule has 15 heavy (non-hydrogen) atoms. The molecular weight excluding hydrogens is 262 g/mol. The van der Waals surface area contributed by atoms with Crippen LogP contribution in [0.3, 0.4) is 0 Å². The first kappa shape index (κ1) is 12.3. The lowest BCUT2D eigenvalue weighted by atomic mass is 10.1. The Kier molecular flexibility index (Phi) is 4.87. The molecule has 2 atom stereocenters. The van der Waals surface area contributed by atoms with Crippen molar-refractivity contribution in [3.05, 3.63) is 29.6 Å². The van der Waals surface area contributed by atoms with Gasteiger partial charge in [0.15, 0.2) is 0 Å². The van der Waals surface area contributed by atoms with E-state index in [0.29, 0.717) is 29.3 Å². The van der Waals surface area contributed by atoms with Crippen molar-refractivity contribution in [1.82, 2.24) is 4.98 Å². The lowest BCUT2D eigenvalue weighted by Crippen LogP contribution is -2.19. The number of halogens is 1. The van der Waals surface area contributed by atoms with Crippen LogP contribution in [0.25, 0.3) is 0 Å². The third-order valence-electron chi connectivity index (χ3n) is 2.01. The van der Waals surface area contributed by atoms with Crippen molar-refractivity contribution < 1.29 is 15.0 Å². The van der Waals surface area contributed by atoms with Gasteiger partial charge in [0, 0.05) is 17.1 Å². The van der Waals surface area contributed by atoms with Crippen LogP contribution >= 0.6 is 15.9 Å². The topological polar surface area (TPSA) is 70.4 Å². The number of pyridine rings is 1. The van der Waals surface area contributed by atoms with Gasteiger partial charge in [0.2, 0.25) is 0 Å². The number of hydrogen-bond acceptors (Lipinski definition) is 4. The lowest BCUT2D eigenvalue weighted by Gasteiger charge is -2.16. The van der Waals surface area contributed by atoms with Gasteiger partial charge in [-0.25, -0.2) is 0 Å². The zero-order valence-corrected chi connectivity index (χ0v) is 9.59. The quantitative estimate of drug-likeness (QED) is 0.622. The Bertz CT molecular complexity index is 332. The number of carbonyl (C=O) groups is 1. The fourth-order valence-electron chi connectivity index (χ4n) is 1.17. The van der Waals surface area contributed by atoms with Crippen LogP contribution in [0.4, 0.5) is 0 Å². The number of aromatic nitrogens is 1. The second kappa shape index (κ2) is 5.95. The van der Waals surface area contributed by atoms with Crippen molar-refractivity contribution in [1.29, 1.82) is 0 Å². The minimum absolute atomic E-state index is 0.313. The van der Waals surface area contributed by atoms with E-state index in [0.717, 1.165) is 0 Å². The molecule has 0 aromatic carbocycles. The number of rotatable bonds is 5. The molecular formula is C10H12BrNO3. The molecule has 0 spiro atoms. The summed E-state index contributed by atoms with van der Waals surface area (Å²) in [5, 5.41) is 19.8. The number of nitrogens with zero attached hydrogens (tertiary/aromatic N) is 1. The van der Waals surface area contributed by atoms with Crippen LogP contribution in [-0.4, -0.2) is 32.9 Å². The largest absolute Gasteiger partial charge is 0.390 e. The molecule has 0 aliphatic heterocycles. The number of aldehydes is 1. The number of alkyl halides is 1. The fraction of sp³-hybridized carbons (Fsp3) is 0.400. The number of aliphatic hydroxyl groups is 2. The zero-order chi connectivity index (χ0) is 11.3. The molecule has 2 N–H and O–H groups in total. The van der Waals surface area contributed by atoms with E-state index in [1.165, 1.54) is 12.3 Å². The Morgan fingerprint density at radius 3 is 2.87 bits per heavy atom. The minimum atomic E-state index is -1.05. The summed E-state index contributed by atoms with van der Waals surface area (Å²) in [7, 11) is 0. The van der Waals surface area contributed by atoms with Gasteiger partial charge in [0.05, 0.1) is 11.8 Å². The highest BCUT2D eigenvalue weighted by Gasteiger charge is 2.18. The van der Waals surface area contributed by atoms with Crippen molar-refractivity contribution in [2.45, 2.75) is 18.6 Å².